The van der Waals surface area contributed by atoms with Crippen LogP contribution in [0, 0.1) is 0 Å². The first-order valence-corrected chi connectivity index (χ1v) is 7.82. The highest BCUT2D eigenvalue weighted by molar-refractivity contribution is 5.77. The molecule has 1 aromatic heterocycles. The number of rotatable bonds is 5. The Labute approximate surface area is 124 Å². The first-order chi connectivity index (χ1) is 10.1. The van der Waals surface area contributed by atoms with Crippen LogP contribution in [0.2, 0.25) is 0 Å². The fourth-order valence-corrected chi connectivity index (χ4v) is 2.89. The molecule has 0 aromatic carbocycles. The molecule has 1 aliphatic heterocycles. The van der Waals surface area contributed by atoms with Gasteiger partial charge >= 0.3 is 0 Å². The zero-order valence-corrected chi connectivity index (χ0v) is 12.8. The van der Waals surface area contributed by atoms with E-state index >= 15 is 0 Å². The maximum Gasteiger partial charge on any atom is 0.248 e. The third-order valence-corrected chi connectivity index (χ3v) is 4.38. The number of amides is 1. The van der Waals surface area contributed by atoms with Gasteiger partial charge in [0, 0.05) is 25.6 Å². The zero-order valence-electron chi connectivity index (χ0n) is 12.8. The van der Waals surface area contributed by atoms with E-state index in [0.717, 1.165) is 38.1 Å². The molecule has 6 nitrogen and oxygen atoms in total. The molecule has 2 heterocycles. The van der Waals surface area contributed by atoms with Crippen molar-refractivity contribution in [2.45, 2.75) is 50.9 Å². The molecule has 6 heteroatoms. The quantitative estimate of drug-likeness (QED) is 0.829. The van der Waals surface area contributed by atoms with Gasteiger partial charge in [0.2, 0.25) is 11.8 Å². The Morgan fingerprint density at radius 2 is 2.33 bits per heavy atom. The fourth-order valence-electron chi connectivity index (χ4n) is 2.89. The second-order valence-electron chi connectivity index (χ2n) is 6.35. The van der Waals surface area contributed by atoms with Gasteiger partial charge in [-0.2, -0.15) is 4.98 Å². The molecular formula is C15H23N3O3. The van der Waals surface area contributed by atoms with Crippen molar-refractivity contribution in [3.05, 3.63) is 11.7 Å². The number of carbonyl (C=O) groups excluding carboxylic acids is 1. The summed E-state index contributed by atoms with van der Waals surface area (Å²) in [6, 6.07) is 0. The summed E-state index contributed by atoms with van der Waals surface area (Å²) in [4.78, 5) is 18.6. The Balaban J connectivity index is 1.69. The Morgan fingerprint density at radius 1 is 1.52 bits per heavy atom. The van der Waals surface area contributed by atoms with Crippen LogP contribution >= 0.6 is 0 Å². The van der Waals surface area contributed by atoms with Gasteiger partial charge in [0.1, 0.15) is 6.61 Å². The summed E-state index contributed by atoms with van der Waals surface area (Å²) < 4.78 is 10.7. The topological polar surface area (TPSA) is 68.5 Å². The monoisotopic (exact) mass is 293 g/mol. The van der Waals surface area contributed by atoms with Crippen LogP contribution in [-0.2, 0) is 14.9 Å². The lowest BCUT2D eigenvalue weighted by atomic mass is 9.81. The minimum absolute atomic E-state index is 0.0460. The molecule has 1 saturated heterocycles. The van der Waals surface area contributed by atoms with Gasteiger partial charge in [-0.05, 0) is 39.5 Å². The number of carbonyl (C=O) groups is 1. The fraction of sp³-hybridized carbons (Fsp3) is 0.800. The summed E-state index contributed by atoms with van der Waals surface area (Å²) in [5, 5.41) is 4.10. The van der Waals surface area contributed by atoms with Crippen molar-refractivity contribution in [2.75, 3.05) is 26.3 Å². The number of piperidine rings is 1. The summed E-state index contributed by atoms with van der Waals surface area (Å²) >= 11 is 0. The van der Waals surface area contributed by atoms with E-state index in [1.807, 2.05) is 11.8 Å². The number of nitrogens with zero attached hydrogens (tertiary/aromatic N) is 3. The van der Waals surface area contributed by atoms with Crippen LogP contribution in [0.4, 0.5) is 0 Å². The van der Waals surface area contributed by atoms with Gasteiger partial charge in [-0.15, -0.1) is 0 Å². The van der Waals surface area contributed by atoms with Crippen molar-refractivity contribution in [1.82, 2.24) is 15.0 Å². The first kappa shape index (κ1) is 14.5. The number of ether oxygens (including phenoxy) is 1. The lowest BCUT2D eigenvalue weighted by Gasteiger charge is -2.38. The van der Waals surface area contributed by atoms with Crippen molar-refractivity contribution >= 4 is 5.91 Å². The SMILES string of the molecule is CCOCC(=O)N1CCCC(C)(c2nc(C3CC3)no2)C1. The molecule has 3 rings (SSSR count). The number of hydrogen-bond donors (Lipinski definition) is 0. The summed E-state index contributed by atoms with van der Waals surface area (Å²) in [5.74, 6) is 2.05. The van der Waals surface area contributed by atoms with Gasteiger partial charge in [-0.1, -0.05) is 5.16 Å². The van der Waals surface area contributed by atoms with Gasteiger partial charge in [-0.25, -0.2) is 0 Å². The molecule has 2 fully saturated rings. The van der Waals surface area contributed by atoms with E-state index in [4.69, 9.17) is 9.26 Å². The molecule has 1 unspecified atom stereocenters. The molecule has 2 aliphatic rings. The second-order valence-corrected chi connectivity index (χ2v) is 6.35. The highest BCUT2D eigenvalue weighted by Crippen LogP contribution is 2.40. The average Bonchev–Trinajstić information content (AvgIpc) is 3.21. The average molecular weight is 293 g/mol. The third kappa shape index (κ3) is 3.10. The minimum Gasteiger partial charge on any atom is -0.372 e. The molecular weight excluding hydrogens is 270 g/mol. The highest BCUT2D eigenvalue weighted by atomic mass is 16.5. The molecule has 0 spiro atoms. The Kier molecular flexibility index (Phi) is 3.97. The van der Waals surface area contributed by atoms with Gasteiger partial charge in [0.05, 0.1) is 5.41 Å². The summed E-state index contributed by atoms with van der Waals surface area (Å²) in [7, 11) is 0. The number of aromatic nitrogens is 2. The predicted octanol–water partition coefficient (Wildman–Crippen LogP) is 1.86. The van der Waals surface area contributed by atoms with Crippen molar-refractivity contribution in [3.8, 4) is 0 Å². The minimum atomic E-state index is -0.236. The van der Waals surface area contributed by atoms with Gasteiger partial charge in [-0.3, -0.25) is 4.79 Å². The normalized spacial score (nSPS) is 26.1. The number of hydrogen-bond acceptors (Lipinski definition) is 5. The van der Waals surface area contributed by atoms with E-state index < -0.39 is 0 Å². The molecule has 21 heavy (non-hydrogen) atoms. The summed E-state index contributed by atoms with van der Waals surface area (Å²) in [6.07, 6.45) is 4.25. The Morgan fingerprint density at radius 3 is 3.05 bits per heavy atom. The third-order valence-electron chi connectivity index (χ3n) is 4.38. The van der Waals surface area contributed by atoms with Gasteiger partial charge < -0.3 is 14.2 Å². The molecule has 1 amide bonds. The number of likely N-dealkylation sites (tertiary alicyclic amines) is 1. The first-order valence-electron chi connectivity index (χ1n) is 7.82. The molecule has 1 aliphatic carbocycles. The van der Waals surface area contributed by atoms with E-state index in [0.29, 0.717) is 25.0 Å². The molecule has 0 bridgehead atoms. The molecule has 0 radical (unpaired) electrons. The Bertz CT molecular complexity index is 512. The molecule has 1 atom stereocenters. The van der Waals surface area contributed by atoms with Crippen LogP contribution in [0.1, 0.15) is 57.2 Å². The van der Waals surface area contributed by atoms with Gasteiger partial charge in [0.15, 0.2) is 5.82 Å². The van der Waals surface area contributed by atoms with Crippen molar-refractivity contribution in [3.63, 3.8) is 0 Å². The lowest BCUT2D eigenvalue weighted by molar-refractivity contribution is -0.138. The van der Waals surface area contributed by atoms with Crippen molar-refractivity contribution in [2.24, 2.45) is 0 Å². The highest BCUT2D eigenvalue weighted by Gasteiger charge is 2.40. The van der Waals surface area contributed by atoms with Crippen LogP contribution < -0.4 is 0 Å². The largest absolute Gasteiger partial charge is 0.372 e. The standard InChI is InChI=1S/C15H23N3O3/c1-3-20-9-12(19)18-8-4-7-15(2,10-18)14-16-13(17-21-14)11-5-6-11/h11H,3-10H2,1-2H3. The van der Waals surface area contributed by atoms with E-state index in [1.54, 1.807) is 0 Å². The van der Waals surface area contributed by atoms with E-state index in [9.17, 15) is 4.79 Å². The molecule has 1 saturated carbocycles. The van der Waals surface area contributed by atoms with Crippen LogP contribution in [0.15, 0.2) is 4.52 Å². The molecule has 1 aromatic rings. The summed E-state index contributed by atoms with van der Waals surface area (Å²) in [5.41, 5.74) is -0.236. The van der Waals surface area contributed by atoms with Crippen molar-refractivity contribution in [1.29, 1.82) is 0 Å². The van der Waals surface area contributed by atoms with E-state index in [2.05, 4.69) is 17.1 Å². The lowest BCUT2D eigenvalue weighted by Crippen LogP contribution is -2.48. The van der Waals surface area contributed by atoms with E-state index in [1.165, 1.54) is 0 Å². The molecule has 116 valence electrons. The Hall–Kier alpha value is -1.43. The van der Waals surface area contributed by atoms with Gasteiger partial charge in [0.25, 0.3) is 0 Å². The molecule has 0 N–H and O–H groups in total. The smallest absolute Gasteiger partial charge is 0.248 e. The predicted molar refractivity (Wildman–Crippen MR) is 75.9 cm³/mol. The van der Waals surface area contributed by atoms with Crippen LogP contribution in [0.25, 0.3) is 0 Å². The maximum atomic E-state index is 12.1. The summed E-state index contributed by atoms with van der Waals surface area (Å²) in [6.45, 7) is 6.13. The second kappa shape index (κ2) is 5.75. The van der Waals surface area contributed by atoms with Crippen molar-refractivity contribution < 1.29 is 14.1 Å². The maximum absolute atomic E-state index is 12.1. The van der Waals surface area contributed by atoms with Crippen LogP contribution in [0.3, 0.4) is 0 Å². The van der Waals surface area contributed by atoms with Crippen LogP contribution in [0.5, 0.6) is 0 Å². The van der Waals surface area contributed by atoms with E-state index in [-0.39, 0.29) is 17.9 Å². The van der Waals surface area contributed by atoms with Crippen LogP contribution in [-0.4, -0.2) is 47.3 Å². The zero-order chi connectivity index (χ0) is 14.9.